The van der Waals surface area contributed by atoms with E-state index in [1.807, 2.05) is 38.1 Å². The summed E-state index contributed by atoms with van der Waals surface area (Å²) in [6.07, 6.45) is 1.25. The second kappa shape index (κ2) is 9.62. The molecule has 0 bridgehead atoms. The van der Waals surface area contributed by atoms with Crippen molar-refractivity contribution in [1.29, 1.82) is 0 Å². The van der Waals surface area contributed by atoms with Crippen LogP contribution in [0.3, 0.4) is 0 Å². The van der Waals surface area contributed by atoms with E-state index in [1.165, 1.54) is 7.11 Å². The Morgan fingerprint density at radius 2 is 1.87 bits per heavy atom. The molecule has 1 aliphatic carbocycles. The van der Waals surface area contributed by atoms with Crippen LogP contribution in [0.5, 0.6) is 5.75 Å². The lowest BCUT2D eigenvalue weighted by Crippen LogP contribution is -2.31. The average Bonchev–Trinajstić information content (AvgIpc) is 3.57. The Hall–Kier alpha value is -3.46. The summed E-state index contributed by atoms with van der Waals surface area (Å²) in [5.74, 6) is -0.755. The van der Waals surface area contributed by atoms with Crippen molar-refractivity contribution >= 4 is 34.2 Å². The normalized spacial score (nSPS) is 19.8. The predicted molar refractivity (Wildman–Crippen MR) is 145 cm³/mol. The first-order valence-corrected chi connectivity index (χ1v) is 13.5. The number of anilines is 1. The maximum Gasteiger partial charge on any atom is 0.248 e. The lowest BCUT2D eigenvalue weighted by atomic mass is 9.91. The number of nitrogens with zero attached hydrogens (tertiary/aromatic N) is 4. The fourth-order valence-electron chi connectivity index (χ4n) is 6.13. The molecule has 39 heavy (non-hydrogen) atoms. The molecule has 1 unspecified atom stereocenters. The van der Waals surface area contributed by atoms with Crippen LogP contribution in [0, 0.1) is 13.8 Å². The van der Waals surface area contributed by atoms with Gasteiger partial charge in [0.1, 0.15) is 17.3 Å². The number of hydrogen-bond donors (Lipinski definition) is 0. The third-order valence-electron chi connectivity index (χ3n) is 8.01. The topological polar surface area (TPSA) is 73.4 Å². The summed E-state index contributed by atoms with van der Waals surface area (Å²) in [7, 11) is 1.54. The highest BCUT2D eigenvalue weighted by atomic mass is 35.5. The number of carbonyl (C=O) groups excluding carboxylic acids is 1. The van der Waals surface area contributed by atoms with E-state index in [9.17, 15) is 13.6 Å². The first-order chi connectivity index (χ1) is 18.7. The minimum Gasteiger partial charge on any atom is -0.495 e. The molecule has 2 aromatic carbocycles. The van der Waals surface area contributed by atoms with E-state index in [1.54, 1.807) is 17.0 Å². The van der Waals surface area contributed by atoms with Gasteiger partial charge in [0.05, 0.1) is 34.9 Å². The van der Waals surface area contributed by atoms with E-state index in [4.69, 9.17) is 25.8 Å². The van der Waals surface area contributed by atoms with E-state index in [-0.39, 0.29) is 30.8 Å². The molecule has 0 radical (unpaired) electrons. The number of benzene rings is 2. The number of carbonyl (C=O) groups is 1. The highest BCUT2D eigenvalue weighted by Gasteiger charge is 2.41. The number of alkyl halides is 2. The number of rotatable bonds is 5. The molecular weight excluding hydrogens is 526 g/mol. The largest absolute Gasteiger partial charge is 0.495 e. The Kier molecular flexibility index (Phi) is 6.37. The summed E-state index contributed by atoms with van der Waals surface area (Å²) < 4.78 is 41.0. The van der Waals surface area contributed by atoms with Crippen LogP contribution in [0.25, 0.3) is 22.2 Å². The van der Waals surface area contributed by atoms with Gasteiger partial charge in [-0.2, -0.15) is 0 Å². The molecule has 3 heterocycles. The molecule has 1 amide bonds. The van der Waals surface area contributed by atoms with Crippen LogP contribution >= 0.6 is 11.6 Å². The number of amides is 1. The molecule has 1 atom stereocenters. The summed E-state index contributed by atoms with van der Waals surface area (Å²) in [6.45, 7) is 3.76. The van der Waals surface area contributed by atoms with Gasteiger partial charge in [0.25, 0.3) is 0 Å². The molecule has 1 saturated carbocycles. The fourth-order valence-corrected chi connectivity index (χ4v) is 6.38. The minimum atomic E-state index is -2.65. The van der Waals surface area contributed by atoms with Crippen molar-refractivity contribution in [2.24, 2.45) is 0 Å². The Bertz CT molecular complexity index is 1550. The van der Waals surface area contributed by atoms with Crippen LogP contribution in [0.2, 0.25) is 5.02 Å². The molecule has 2 fully saturated rings. The Morgan fingerprint density at radius 3 is 2.54 bits per heavy atom. The van der Waals surface area contributed by atoms with E-state index in [0.717, 1.165) is 27.9 Å². The lowest BCUT2D eigenvalue weighted by molar-refractivity contribution is -0.117. The van der Waals surface area contributed by atoms with Gasteiger partial charge in [-0.15, -0.1) is 0 Å². The third kappa shape index (κ3) is 4.46. The van der Waals surface area contributed by atoms with Gasteiger partial charge in [-0.3, -0.25) is 4.79 Å². The van der Waals surface area contributed by atoms with Crippen molar-refractivity contribution in [2.45, 2.75) is 70.4 Å². The molecule has 6 rings (SSSR count). The number of methoxy groups -OCH3 is 1. The van der Waals surface area contributed by atoms with Crippen LogP contribution in [-0.4, -0.2) is 33.6 Å². The summed E-state index contributed by atoms with van der Waals surface area (Å²) in [5, 5.41) is 4.48. The summed E-state index contributed by atoms with van der Waals surface area (Å²) in [4.78, 5) is 20.0. The zero-order chi connectivity index (χ0) is 27.5. The van der Waals surface area contributed by atoms with Crippen molar-refractivity contribution in [2.75, 3.05) is 12.0 Å². The van der Waals surface area contributed by atoms with Gasteiger partial charge < -0.3 is 18.7 Å². The standard InChI is InChI=1S/C29H29ClF2N4O3/c1-16-27(17(2)39-34-16)18-4-6-23-22(14-18)33-28(36(23)19-10-12-29(31,32)13-11-19)24-7-9-26(37)35(24)20-5-8-25(38-3)21(30)15-20/h4-6,8,14-15,19,24H,7,9-13H2,1-3H3. The second-order valence-electron chi connectivity index (χ2n) is 10.5. The van der Waals surface area contributed by atoms with Gasteiger partial charge in [-0.05, 0) is 69.0 Å². The van der Waals surface area contributed by atoms with Gasteiger partial charge in [0.15, 0.2) is 0 Å². The molecule has 7 nitrogen and oxygen atoms in total. The number of hydrogen-bond acceptors (Lipinski definition) is 5. The van der Waals surface area contributed by atoms with Gasteiger partial charge >= 0.3 is 0 Å². The first-order valence-electron chi connectivity index (χ1n) is 13.2. The number of aryl methyl sites for hydroxylation is 2. The van der Waals surface area contributed by atoms with Crippen LogP contribution in [-0.2, 0) is 4.79 Å². The van der Waals surface area contributed by atoms with E-state index >= 15 is 0 Å². The Labute approximate surface area is 229 Å². The van der Waals surface area contributed by atoms with E-state index in [0.29, 0.717) is 53.7 Å². The van der Waals surface area contributed by atoms with Crippen LogP contribution in [0.4, 0.5) is 14.5 Å². The Morgan fingerprint density at radius 1 is 1.10 bits per heavy atom. The van der Waals surface area contributed by atoms with Crippen molar-refractivity contribution in [3.05, 3.63) is 58.7 Å². The quantitative estimate of drug-likeness (QED) is 0.254. The number of fused-ring (bicyclic) bond motifs is 1. The molecule has 4 aromatic rings. The van der Waals surface area contributed by atoms with Gasteiger partial charge in [0.2, 0.25) is 11.8 Å². The lowest BCUT2D eigenvalue weighted by Gasteiger charge is -2.33. The highest BCUT2D eigenvalue weighted by Crippen LogP contribution is 2.45. The molecular formula is C29H29ClF2N4O3. The molecule has 0 spiro atoms. The van der Waals surface area contributed by atoms with Crippen molar-refractivity contribution < 1.29 is 22.8 Å². The van der Waals surface area contributed by atoms with Crippen molar-refractivity contribution in [3.63, 3.8) is 0 Å². The van der Waals surface area contributed by atoms with Crippen LogP contribution in [0.1, 0.15) is 67.9 Å². The first kappa shape index (κ1) is 25.8. The highest BCUT2D eigenvalue weighted by molar-refractivity contribution is 6.32. The van der Waals surface area contributed by atoms with Crippen molar-refractivity contribution in [1.82, 2.24) is 14.7 Å². The SMILES string of the molecule is COc1ccc(N2C(=O)CCC2c2nc3cc(-c4c(C)noc4C)ccc3n2C2CCC(F)(F)CC2)cc1Cl. The van der Waals surface area contributed by atoms with E-state index in [2.05, 4.69) is 9.72 Å². The van der Waals surface area contributed by atoms with Gasteiger partial charge in [-0.1, -0.05) is 22.8 Å². The molecule has 204 valence electrons. The maximum absolute atomic E-state index is 14.1. The summed E-state index contributed by atoms with van der Waals surface area (Å²) in [5.41, 5.74) is 4.88. The van der Waals surface area contributed by atoms with Crippen LogP contribution in [0.15, 0.2) is 40.9 Å². The zero-order valence-electron chi connectivity index (χ0n) is 22.0. The van der Waals surface area contributed by atoms with Crippen LogP contribution < -0.4 is 9.64 Å². The minimum absolute atomic E-state index is 0.0357. The molecule has 1 saturated heterocycles. The smallest absolute Gasteiger partial charge is 0.248 e. The summed E-state index contributed by atoms with van der Waals surface area (Å²) >= 11 is 6.42. The van der Waals surface area contributed by atoms with Crippen molar-refractivity contribution in [3.8, 4) is 16.9 Å². The number of aromatic nitrogens is 3. The van der Waals surface area contributed by atoms with Gasteiger partial charge in [-0.25, -0.2) is 13.8 Å². The number of halogens is 3. The molecule has 2 aromatic heterocycles. The second-order valence-corrected chi connectivity index (χ2v) is 10.9. The molecule has 0 N–H and O–H groups in total. The third-order valence-corrected chi connectivity index (χ3v) is 8.31. The average molecular weight is 555 g/mol. The maximum atomic E-state index is 14.1. The van der Waals surface area contributed by atoms with E-state index < -0.39 is 5.92 Å². The Balaban J connectivity index is 1.49. The monoisotopic (exact) mass is 554 g/mol. The summed E-state index contributed by atoms with van der Waals surface area (Å²) in [6, 6.07) is 10.7. The molecule has 10 heteroatoms. The molecule has 2 aliphatic rings. The number of ether oxygens (including phenoxy) is 1. The zero-order valence-corrected chi connectivity index (χ0v) is 22.8. The molecule has 1 aliphatic heterocycles. The predicted octanol–water partition coefficient (Wildman–Crippen LogP) is 7.59. The van der Waals surface area contributed by atoms with Gasteiger partial charge in [0, 0.05) is 36.6 Å². The fraction of sp³-hybridized carbons (Fsp3) is 0.414. The number of imidazole rings is 1.